The predicted octanol–water partition coefficient (Wildman–Crippen LogP) is -0.0907. The van der Waals surface area contributed by atoms with Gasteiger partial charge >= 0.3 is 0 Å². The minimum absolute atomic E-state index is 0.204. The fourth-order valence-corrected chi connectivity index (χ4v) is 5.46. The molecule has 0 radical (unpaired) electrons. The quantitative estimate of drug-likeness (QED) is 0.737. The normalized spacial score (nSPS) is 22.0. The van der Waals surface area contributed by atoms with E-state index in [1.807, 2.05) is 0 Å². The van der Waals surface area contributed by atoms with Crippen molar-refractivity contribution >= 4 is 21.7 Å². The molecule has 0 saturated carbocycles. The van der Waals surface area contributed by atoms with E-state index in [4.69, 9.17) is 4.74 Å². The van der Waals surface area contributed by atoms with Gasteiger partial charge in [0.1, 0.15) is 10.6 Å². The van der Waals surface area contributed by atoms with Crippen LogP contribution in [0.4, 0.5) is 0 Å². The van der Waals surface area contributed by atoms with Crippen molar-refractivity contribution in [1.82, 2.24) is 14.8 Å². The highest BCUT2D eigenvalue weighted by Crippen LogP contribution is 2.38. The molecule has 2 aliphatic rings. The Balaban J connectivity index is 1.75. The zero-order chi connectivity index (χ0) is 17.5. The lowest BCUT2D eigenvalue weighted by atomic mass is 10.0. The molecule has 8 nitrogen and oxygen atoms in total. The molecule has 0 N–H and O–H groups in total. The lowest BCUT2D eigenvalue weighted by Crippen LogP contribution is -2.55. The molecule has 0 unspecified atom stereocenters. The number of nitrogens with zero attached hydrogens (tertiary/aromatic N) is 3. The molecule has 0 aliphatic carbocycles. The monoisotopic (exact) mass is 353 g/mol. The van der Waals surface area contributed by atoms with Gasteiger partial charge in [0, 0.05) is 45.2 Å². The second-order valence-corrected chi connectivity index (χ2v) is 8.32. The second kappa shape index (κ2) is 5.73. The lowest BCUT2D eigenvalue weighted by molar-refractivity contribution is -0.129. The summed E-state index contributed by atoms with van der Waals surface area (Å²) in [6, 6.07) is 3.23. The van der Waals surface area contributed by atoms with E-state index < -0.39 is 20.5 Å². The van der Waals surface area contributed by atoms with Crippen LogP contribution < -0.4 is 4.74 Å². The van der Waals surface area contributed by atoms with Gasteiger partial charge in [-0.2, -0.15) is 0 Å². The van der Waals surface area contributed by atoms with Gasteiger partial charge < -0.3 is 14.5 Å². The molecular weight excluding hydrogens is 334 g/mol. The number of rotatable bonds is 2. The standard InChI is InChI=1S/C15H19N3O5S/c1-17-13(19)10-24(21,22)15(17)5-7-18(8-6-15)14(20)11-3-4-12(23-2)16-9-11/h3-4,9H,5-8,10H2,1-2H3. The Morgan fingerprint density at radius 2 is 1.96 bits per heavy atom. The molecule has 3 rings (SSSR count). The molecule has 2 aliphatic heterocycles. The molecule has 1 spiro atoms. The second-order valence-electron chi connectivity index (χ2n) is 6.04. The summed E-state index contributed by atoms with van der Waals surface area (Å²) in [5.74, 6) is -0.611. The maximum atomic E-state index is 12.5. The highest BCUT2D eigenvalue weighted by Gasteiger charge is 2.57. The van der Waals surface area contributed by atoms with Crippen LogP contribution in [0.25, 0.3) is 0 Å². The van der Waals surface area contributed by atoms with Crippen LogP contribution in [0, 0.1) is 0 Å². The first-order valence-corrected chi connectivity index (χ1v) is 9.24. The number of amides is 2. The Morgan fingerprint density at radius 3 is 2.42 bits per heavy atom. The largest absolute Gasteiger partial charge is 0.481 e. The van der Waals surface area contributed by atoms with E-state index in [1.165, 1.54) is 25.3 Å². The van der Waals surface area contributed by atoms with E-state index in [0.717, 1.165) is 0 Å². The number of hydrogen-bond acceptors (Lipinski definition) is 6. The summed E-state index contributed by atoms with van der Waals surface area (Å²) >= 11 is 0. The Kier molecular flexibility index (Phi) is 3.98. The molecule has 0 bridgehead atoms. The third-order valence-electron chi connectivity index (χ3n) is 4.90. The van der Waals surface area contributed by atoms with Gasteiger partial charge in [0.15, 0.2) is 9.84 Å². The summed E-state index contributed by atoms with van der Waals surface area (Å²) in [5, 5.41) is 0. The van der Waals surface area contributed by atoms with Gasteiger partial charge in [-0.05, 0) is 6.07 Å². The summed E-state index contributed by atoms with van der Waals surface area (Å²) in [4.78, 5) is 30.1. The summed E-state index contributed by atoms with van der Waals surface area (Å²) in [6.07, 6.45) is 1.90. The van der Waals surface area contributed by atoms with E-state index in [2.05, 4.69) is 4.98 Å². The maximum absolute atomic E-state index is 12.5. The van der Waals surface area contributed by atoms with Crippen molar-refractivity contribution in [3.63, 3.8) is 0 Å². The maximum Gasteiger partial charge on any atom is 0.255 e. The predicted molar refractivity (Wildman–Crippen MR) is 85.2 cm³/mol. The lowest BCUT2D eigenvalue weighted by Gasteiger charge is -2.41. The van der Waals surface area contributed by atoms with Crippen LogP contribution in [-0.2, 0) is 14.6 Å². The topological polar surface area (TPSA) is 96.9 Å². The number of ether oxygens (including phenoxy) is 1. The van der Waals surface area contributed by atoms with E-state index in [9.17, 15) is 18.0 Å². The molecule has 2 amide bonds. The van der Waals surface area contributed by atoms with Gasteiger partial charge in [-0.3, -0.25) is 9.59 Å². The van der Waals surface area contributed by atoms with Crippen LogP contribution in [0.15, 0.2) is 18.3 Å². The van der Waals surface area contributed by atoms with Crippen LogP contribution >= 0.6 is 0 Å². The fourth-order valence-electron chi connectivity index (χ4n) is 3.35. The van der Waals surface area contributed by atoms with Gasteiger partial charge in [0.25, 0.3) is 5.91 Å². The van der Waals surface area contributed by atoms with Crippen molar-refractivity contribution in [2.45, 2.75) is 17.7 Å². The van der Waals surface area contributed by atoms with Crippen LogP contribution in [-0.4, -0.2) is 72.9 Å². The SMILES string of the molecule is COc1ccc(C(=O)N2CCC3(CC2)N(C)C(=O)CS3(=O)=O)cn1. The van der Waals surface area contributed by atoms with Gasteiger partial charge in [-0.15, -0.1) is 0 Å². The first kappa shape index (κ1) is 16.7. The van der Waals surface area contributed by atoms with Crippen LogP contribution in [0.1, 0.15) is 23.2 Å². The third kappa shape index (κ3) is 2.43. The molecule has 1 aromatic heterocycles. The average Bonchev–Trinajstić information content (AvgIpc) is 2.75. The van der Waals surface area contributed by atoms with E-state index in [-0.39, 0.29) is 37.7 Å². The smallest absolute Gasteiger partial charge is 0.255 e. The summed E-state index contributed by atoms with van der Waals surface area (Å²) in [5.41, 5.74) is 0.422. The van der Waals surface area contributed by atoms with Crippen molar-refractivity contribution < 1.29 is 22.7 Å². The van der Waals surface area contributed by atoms with Crippen LogP contribution in [0.2, 0.25) is 0 Å². The molecule has 24 heavy (non-hydrogen) atoms. The number of aromatic nitrogens is 1. The molecule has 2 saturated heterocycles. The minimum Gasteiger partial charge on any atom is -0.481 e. The van der Waals surface area contributed by atoms with E-state index in [0.29, 0.717) is 11.4 Å². The number of piperidine rings is 1. The number of carbonyl (C=O) groups is 2. The van der Waals surface area contributed by atoms with Gasteiger partial charge in [0.2, 0.25) is 11.8 Å². The Hall–Kier alpha value is -2.16. The van der Waals surface area contributed by atoms with E-state index >= 15 is 0 Å². The van der Waals surface area contributed by atoms with Crippen molar-refractivity contribution in [2.75, 3.05) is 33.0 Å². The van der Waals surface area contributed by atoms with Crippen LogP contribution in [0.3, 0.4) is 0 Å². The van der Waals surface area contributed by atoms with Crippen molar-refractivity contribution in [2.24, 2.45) is 0 Å². The first-order chi connectivity index (χ1) is 11.3. The van der Waals surface area contributed by atoms with Crippen molar-refractivity contribution in [3.8, 4) is 5.88 Å². The number of carbonyl (C=O) groups excluding carboxylic acids is 2. The van der Waals surface area contributed by atoms with Gasteiger partial charge in [-0.25, -0.2) is 13.4 Å². The summed E-state index contributed by atoms with van der Waals surface area (Å²) in [6.45, 7) is 0.559. The van der Waals surface area contributed by atoms with Crippen molar-refractivity contribution in [1.29, 1.82) is 0 Å². The van der Waals surface area contributed by atoms with Gasteiger partial charge in [0.05, 0.1) is 12.7 Å². The van der Waals surface area contributed by atoms with E-state index in [1.54, 1.807) is 17.0 Å². The molecule has 130 valence electrons. The Bertz CT molecular complexity index is 767. The molecule has 0 aromatic carbocycles. The Morgan fingerprint density at radius 1 is 1.29 bits per heavy atom. The number of likely N-dealkylation sites (tertiary alicyclic amines) is 1. The summed E-state index contributed by atoms with van der Waals surface area (Å²) in [7, 11) is -0.502. The number of sulfone groups is 1. The molecule has 2 fully saturated rings. The number of hydrogen-bond donors (Lipinski definition) is 0. The number of pyridine rings is 1. The highest BCUT2D eigenvalue weighted by molar-refractivity contribution is 7.93. The molecule has 0 atom stereocenters. The third-order valence-corrected chi connectivity index (χ3v) is 7.37. The number of methoxy groups -OCH3 is 1. The van der Waals surface area contributed by atoms with Crippen LogP contribution in [0.5, 0.6) is 5.88 Å². The molecule has 1 aromatic rings. The summed E-state index contributed by atoms with van der Waals surface area (Å²) < 4.78 is 29.7. The minimum atomic E-state index is -3.52. The zero-order valence-corrected chi connectivity index (χ0v) is 14.4. The van der Waals surface area contributed by atoms with Crippen molar-refractivity contribution in [3.05, 3.63) is 23.9 Å². The van der Waals surface area contributed by atoms with Gasteiger partial charge in [-0.1, -0.05) is 0 Å². The first-order valence-electron chi connectivity index (χ1n) is 7.59. The molecular formula is C15H19N3O5S. The highest BCUT2D eigenvalue weighted by atomic mass is 32.2. The fraction of sp³-hybridized carbons (Fsp3) is 0.533. The molecule has 9 heteroatoms. The molecule has 3 heterocycles. The Labute approximate surface area is 140 Å². The average molecular weight is 353 g/mol. The zero-order valence-electron chi connectivity index (χ0n) is 13.6.